The van der Waals surface area contributed by atoms with Crippen LogP contribution in [-0.4, -0.2) is 17.4 Å². The van der Waals surface area contributed by atoms with Crippen molar-refractivity contribution < 1.29 is 0 Å². The van der Waals surface area contributed by atoms with Gasteiger partial charge in [-0.2, -0.15) is 0 Å². The minimum Gasteiger partial charge on any atom is -0.384 e. The average molecular weight is 221 g/mol. The van der Waals surface area contributed by atoms with Crippen molar-refractivity contribution in [1.82, 2.24) is 4.98 Å². The summed E-state index contributed by atoms with van der Waals surface area (Å²) in [5.41, 5.74) is 5.16. The maximum Gasteiger partial charge on any atom is 0.0461 e. The molecule has 0 amide bonds. The molecule has 1 aliphatic rings. The van der Waals surface area contributed by atoms with E-state index in [2.05, 4.69) is 35.6 Å². The number of nitrogens with one attached hydrogen (secondary N) is 2. The van der Waals surface area contributed by atoms with Crippen LogP contribution in [0.2, 0.25) is 0 Å². The highest BCUT2D eigenvalue weighted by Gasteiger charge is 2.24. The molecule has 1 aliphatic heterocycles. The van der Waals surface area contributed by atoms with Gasteiger partial charge in [0.05, 0.1) is 0 Å². The molecule has 0 saturated heterocycles. The summed E-state index contributed by atoms with van der Waals surface area (Å²) in [5, 5.41) is 4.76. The van der Waals surface area contributed by atoms with E-state index in [4.69, 9.17) is 11.6 Å². The van der Waals surface area contributed by atoms with Gasteiger partial charge in [0.1, 0.15) is 0 Å². The number of aromatic nitrogens is 1. The van der Waals surface area contributed by atoms with E-state index in [0.29, 0.717) is 11.8 Å². The van der Waals surface area contributed by atoms with Gasteiger partial charge in [-0.15, -0.1) is 11.6 Å². The molecule has 2 aromatic rings. The smallest absolute Gasteiger partial charge is 0.0461 e. The molecular formula is C12H13ClN2. The Balaban J connectivity index is 2.36. The Morgan fingerprint density at radius 2 is 2.33 bits per heavy atom. The highest BCUT2D eigenvalue weighted by Crippen LogP contribution is 2.39. The number of benzene rings is 1. The van der Waals surface area contributed by atoms with Crippen LogP contribution in [0.15, 0.2) is 18.3 Å². The molecule has 2 nitrogen and oxygen atoms in total. The summed E-state index contributed by atoms with van der Waals surface area (Å²) in [7, 11) is 0. The molecule has 0 radical (unpaired) electrons. The van der Waals surface area contributed by atoms with Gasteiger partial charge in [-0.05, 0) is 30.2 Å². The summed E-state index contributed by atoms with van der Waals surface area (Å²) in [5.74, 6) is 1.13. The van der Waals surface area contributed by atoms with Crippen LogP contribution >= 0.6 is 11.6 Å². The van der Waals surface area contributed by atoms with Crippen LogP contribution in [-0.2, 0) is 0 Å². The minimum atomic E-state index is 0.444. The maximum atomic E-state index is 6.01. The van der Waals surface area contributed by atoms with Crippen molar-refractivity contribution in [2.45, 2.75) is 12.8 Å². The Kier molecular flexibility index (Phi) is 1.93. The molecule has 0 saturated carbocycles. The number of aromatic amines is 1. The van der Waals surface area contributed by atoms with E-state index in [1.807, 2.05) is 0 Å². The summed E-state index contributed by atoms with van der Waals surface area (Å²) >= 11 is 6.01. The van der Waals surface area contributed by atoms with E-state index in [1.165, 1.54) is 27.7 Å². The number of halogens is 1. The van der Waals surface area contributed by atoms with E-state index in [9.17, 15) is 0 Å². The lowest BCUT2D eigenvalue weighted by molar-refractivity contribution is 0.868. The van der Waals surface area contributed by atoms with Crippen molar-refractivity contribution >= 4 is 28.2 Å². The van der Waals surface area contributed by atoms with Crippen LogP contribution in [0.3, 0.4) is 0 Å². The van der Waals surface area contributed by atoms with Crippen molar-refractivity contribution in [3.8, 4) is 0 Å². The van der Waals surface area contributed by atoms with Gasteiger partial charge < -0.3 is 10.3 Å². The van der Waals surface area contributed by atoms with Gasteiger partial charge in [-0.1, -0.05) is 0 Å². The second-order valence-corrected chi connectivity index (χ2v) is 4.46. The largest absolute Gasteiger partial charge is 0.384 e. The second-order valence-electron chi connectivity index (χ2n) is 4.15. The topological polar surface area (TPSA) is 27.8 Å². The van der Waals surface area contributed by atoms with Gasteiger partial charge in [0, 0.05) is 41.1 Å². The van der Waals surface area contributed by atoms with E-state index < -0.39 is 0 Å². The molecule has 78 valence electrons. The third kappa shape index (κ3) is 1.18. The molecule has 2 heterocycles. The molecule has 3 heteroatoms. The fraction of sp³-hybridized carbons (Fsp3) is 0.333. The zero-order chi connectivity index (χ0) is 10.4. The number of anilines is 1. The molecule has 3 rings (SSSR count). The standard InChI is InChI=1S/C12H13ClN2/c1-7-5-14-9-2-3-10-12(11(7)9)8(4-13)6-15-10/h2-3,5,8,14-15H,4,6H2,1H3/t8-/m1/s1. The molecule has 15 heavy (non-hydrogen) atoms. The minimum absolute atomic E-state index is 0.444. The van der Waals surface area contributed by atoms with Gasteiger partial charge >= 0.3 is 0 Å². The lowest BCUT2D eigenvalue weighted by Gasteiger charge is -2.07. The first kappa shape index (κ1) is 9.10. The van der Waals surface area contributed by atoms with Gasteiger partial charge in [-0.25, -0.2) is 0 Å². The van der Waals surface area contributed by atoms with Crippen molar-refractivity contribution in [2.24, 2.45) is 0 Å². The Bertz CT molecular complexity index is 516. The molecule has 0 bridgehead atoms. The average Bonchev–Trinajstić information content (AvgIpc) is 2.81. The Morgan fingerprint density at radius 1 is 1.47 bits per heavy atom. The normalized spacial score (nSPS) is 19.2. The highest BCUT2D eigenvalue weighted by atomic mass is 35.5. The molecular weight excluding hydrogens is 208 g/mol. The lowest BCUT2D eigenvalue weighted by atomic mass is 9.97. The van der Waals surface area contributed by atoms with Crippen LogP contribution in [0, 0.1) is 6.92 Å². The van der Waals surface area contributed by atoms with Crippen LogP contribution < -0.4 is 5.32 Å². The zero-order valence-corrected chi connectivity index (χ0v) is 9.36. The first-order valence-electron chi connectivity index (χ1n) is 5.21. The lowest BCUT2D eigenvalue weighted by Crippen LogP contribution is -2.02. The number of aryl methyl sites for hydroxylation is 1. The van der Waals surface area contributed by atoms with Gasteiger partial charge in [-0.3, -0.25) is 0 Å². The Hall–Kier alpha value is -1.15. The monoisotopic (exact) mass is 220 g/mol. The molecule has 0 fully saturated rings. The molecule has 1 aromatic carbocycles. The van der Waals surface area contributed by atoms with Crippen LogP contribution in [0.1, 0.15) is 17.0 Å². The SMILES string of the molecule is Cc1c[nH]c2ccc3c(c12)[C@H](CCl)CN3. The molecule has 1 aromatic heterocycles. The predicted octanol–water partition coefficient (Wildman–Crippen LogP) is 3.22. The number of H-pyrrole nitrogens is 1. The fourth-order valence-corrected chi connectivity index (χ4v) is 2.73. The van der Waals surface area contributed by atoms with Crippen molar-refractivity contribution in [3.63, 3.8) is 0 Å². The van der Waals surface area contributed by atoms with E-state index in [-0.39, 0.29) is 0 Å². The Labute approximate surface area is 93.6 Å². The number of alkyl halides is 1. The van der Waals surface area contributed by atoms with Gasteiger partial charge in [0.15, 0.2) is 0 Å². The summed E-state index contributed by atoms with van der Waals surface area (Å²) in [6.07, 6.45) is 2.06. The second kappa shape index (κ2) is 3.17. The van der Waals surface area contributed by atoms with E-state index in [1.54, 1.807) is 0 Å². The molecule has 1 atom stereocenters. The first-order valence-corrected chi connectivity index (χ1v) is 5.75. The summed E-state index contributed by atoms with van der Waals surface area (Å²) in [6, 6.07) is 4.27. The highest BCUT2D eigenvalue weighted by molar-refractivity contribution is 6.18. The zero-order valence-electron chi connectivity index (χ0n) is 8.60. The van der Waals surface area contributed by atoms with Crippen LogP contribution in [0.4, 0.5) is 5.69 Å². The quantitative estimate of drug-likeness (QED) is 0.710. The molecule has 0 spiro atoms. The van der Waals surface area contributed by atoms with Crippen LogP contribution in [0.5, 0.6) is 0 Å². The summed E-state index contributed by atoms with van der Waals surface area (Å²) in [4.78, 5) is 3.29. The number of hydrogen-bond acceptors (Lipinski definition) is 1. The molecule has 2 N–H and O–H groups in total. The maximum absolute atomic E-state index is 6.01. The van der Waals surface area contributed by atoms with E-state index >= 15 is 0 Å². The first-order chi connectivity index (χ1) is 7.31. The van der Waals surface area contributed by atoms with Gasteiger partial charge in [0.2, 0.25) is 0 Å². The van der Waals surface area contributed by atoms with E-state index in [0.717, 1.165) is 6.54 Å². The third-order valence-corrected chi connectivity index (χ3v) is 3.59. The van der Waals surface area contributed by atoms with Crippen molar-refractivity contribution in [2.75, 3.05) is 17.7 Å². The third-order valence-electron chi connectivity index (χ3n) is 3.22. The number of rotatable bonds is 1. The van der Waals surface area contributed by atoms with Crippen LogP contribution in [0.25, 0.3) is 10.9 Å². The fourth-order valence-electron chi connectivity index (χ4n) is 2.47. The predicted molar refractivity (Wildman–Crippen MR) is 65.0 cm³/mol. The summed E-state index contributed by atoms with van der Waals surface area (Å²) < 4.78 is 0. The number of fused-ring (bicyclic) bond motifs is 3. The Morgan fingerprint density at radius 3 is 3.13 bits per heavy atom. The van der Waals surface area contributed by atoms with Crippen molar-refractivity contribution in [1.29, 1.82) is 0 Å². The van der Waals surface area contributed by atoms with Crippen molar-refractivity contribution in [3.05, 3.63) is 29.5 Å². The number of hydrogen-bond donors (Lipinski definition) is 2. The molecule has 0 unspecified atom stereocenters. The van der Waals surface area contributed by atoms with Gasteiger partial charge in [0.25, 0.3) is 0 Å². The summed E-state index contributed by atoms with van der Waals surface area (Å²) in [6.45, 7) is 3.10. The molecule has 0 aliphatic carbocycles.